The molecular formula is C18H32IN5. The highest BCUT2D eigenvalue weighted by atomic mass is 127. The van der Waals surface area contributed by atoms with E-state index in [4.69, 9.17) is 0 Å². The van der Waals surface area contributed by atoms with Crippen LogP contribution in [-0.2, 0) is 6.42 Å². The second kappa shape index (κ2) is 11.7. The van der Waals surface area contributed by atoms with Crippen molar-refractivity contribution in [2.45, 2.75) is 19.4 Å². The fourth-order valence-electron chi connectivity index (χ4n) is 2.83. The third-order valence-corrected chi connectivity index (χ3v) is 4.50. The lowest BCUT2D eigenvalue weighted by Crippen LogP contribution is -2.52. The zero-order valence-corrected chi connectivity index (χ0v) is 17.5. The second-order valence-electron chi connectivity index (χ2n) is 6.30. The molecule has 1 heterocycles. The summed E-state index contributed by atoms with van der Waals surface area (Å²) in [5.74, 6) is 0.891. The predicted octanol–water partition coefficient (Wildman–Crippen LogP) is 1.65. The van der Waals surface area contributed by atoms with Gasteiger partial charge in [-0.3, -0.25) is 9.89 Å². The summed E-state index contributed by atoms with van der Waals surface area (Å²) in [6.45, 7) is 8.73. The van der Waals surface area contributed by atoms with E-state index >= 15 is 0 Å². The van der Waals surface area contributed by atoms with Crippen LogP contribution in [-0.4, -0.2) is 75.2 Å². The highest BCUT2D eigenvalue weighted by Crippen LogP contribution is 2.04. The molecule has 0 aliphatic carbocycles. The minimum Gasteiger partial charge on any atom is -0.356 e. The van der Waals surface area contributed by atoms with Crippen LogP contribution in [0.3, 0.4) is 0 Å². The first-order valence-corrected chi connectivity index (χ1v) is 8.60. The van der Waals surface area contributed by atoms with Gasteiger partial charge < -0.3 is 15.5 Å². The SMILES string of the molecule is CN=C(NCCc1ccccc1)NCC(C)N1CCN(C)CC1.I. The Hall–Kier alpha value is -0.860. The molecule has 1 aromatic rings. The van der Waals surface area contributed by atoms with Gasteiger partial charge in [0.15, 0.2) is 5.96 Å². The molecule has 0 aromatic heterocycles. The van der Waals surface area contributed by atoms with Crippen LogP contribution in [0.25, 0.3) is 0 Å². The van der Waals surface area contributed by atoms with E-state index in [1.165, 1.54) is 5.56 Å². The van der Waals surface area contributed by atoms with Crippen molar-refractivity contribution in [2.75, 3.05) is 53.4 Å². The lowest BCUT2D eigenvalue weighted by molar-refractivity contribution is 0.120. The van der Waals surface area contributed by atoms with Gasteiger partial charge >= 0.3 is 0 Å². The minimum atomic E-state index is 0. The van der Waals surface area contributed by atoms with Gasteiger partial charge in [-0.05, 0) is 26.0 Å². The molecule has 0 bridgehead atoms. The Balaban J connectivity index is 0.00000288. The number of nitrogens with zero attached hydrogens (tertiary/aromatic N) is 3. The van der Waals surface area contributed by atoms with Crippen LogP contribution in [0.1, 0.15) is 12.5 Å². The van der Waals surface area contributed by atoms with Crippen molar-refractivity contribution in [3.8, 4) is 0 Å². The van der Waals surface area contributed by atoms with Crippen molar-refractivity contribution in [3.05, 3.63) is 35.9 Å². The molecule has 2 N–H and O–H groups in total. The largest absolute Gasteiger partial charge is 0.356 e. The van der Waals surface area contributed by atoms with Gasteiger partial charge in [-0.25, -0.2) is 0 Å². The van der Waals surface area contributed by atoms with Crippen molar-refractivity contribution in [2.24, 2.45) is 4.99 Å². The third-order valence-electron chi connectivity index (χ3n) is 4.50. The molecule has 1 fully saturated rings. The van der Waals surface area contributed by atoms with Gasteiger partial charge in [0.2, 0.25) is 0 Å². The highest BCUT2D eigenvalue weighted by molar-refractivity contribution is 14.0. The molecule has 1 atom stereocenters. The summed E-state index contributed by atoms with van der Waals surface area (Å²) in [6, 6.07) is 11.1. The Morgan fingerprint density at radius 3 is 2.42 bits per heavy atom. The van der Waals surface area contributed by atoms with E-state index in [2.05, 4.69) is 69.7 Å². The van der Waals surface area contributed by atoms with Gasteiger partial charge in [-0.1, -0.05) is 30.3 Å². The highest BCUT2D eigenvalue weighted by Gasteiger charge is 2.18. The zero-order chi connectivity index (χ0) is 16.5. The van der Waals surface area contributed by atoms with Gasteiger partial charge in [0.1, 0.15) is 0 Å². The number of benzene rings is 1. The van der Waals surface area contributed by atoms with Gasteiger partial charge in [0.25, 0.3) is 0 Å². The standard InChI is InChI=1S/C18H31N5.HI/c1-16(23-13-11-22(3)12-14-23)15-21-18(19-2)20-10-9-17-7-5-4-6-8-17;/h4-8,16H,9-15H2,1-3H3,(H2,19,20,21);1H. The Kier molecular flexibility index (Phi) is 10.3. The molecule has 1 saturated heterocycles. The number of nitrogens with one attached hydrogen (secondary N) is 2. The minimum absolute atomic E-state index is 0. The normalized spacial score (nSPS) is 17.9. The van der Waals surface area contributed by atoms with Gasteiger partial charge in [-0.2, -0.15) is 0 Å². The maximum absolute atomic E-state index is 4.32. The van der Waals surface area contributed by atoms with Gasteiger partial charge in [0, 0.05) is 52.4 Å². The van der Waals surface area contributed by atoms with Crippen LogP contribution in [0.2, 0.25) is 0 Å². The Morgan fingerprint density at radius 2 is 1.79 bits per heavy atom. The van der Waals surface area contributed by atoms with E-state index in [0.29, 0.717) is 6.04 Å². The Bertz CT molecular complexity index is 472. The van der Waals surface area contributed by atoms with Crippen molar-refractivity contribution in [1.29, 1.82) is 0 Å². The molecule has 136 valence electrons. The first kappa shape index (κ1) is 21.2. The number of likely N-dealkylation sites (N-methyl/N-ethyl adjacent to an activating group) is 1. The molecule has 1 aromatic carbocycles. The predicted molar refractivity (Wildman–Crippen MR) is 113 cm³/mol. The number of hydrogen-bond acceptors (Lipinski definition) is 3. The molecule has 24 heavy (non-hydrogen) atoms. The molecular weight excluding hydrogens is 413 g/mol. The first-order chi connectivity index (χ1) is 11.2. The molecule has 0 amide bonds. The summed E-state index contributed by atoms with van der Waals surface area (Å²) in [5, 5.41) is 6.84. The number of rotatable bonds is 6. The van der Waals surface area contributed by atoms with E-state index in [-0.39, 0.29) is 24.0 Å². The van der Waals surface area contributed by atoms with Crippen molar-refractivity contribution >= 4 is 29.9 Å². The monoisotopic (exact) mass is 445 g/mol. The van der Waals surface area contributed by atoms with E-state index in [1.807, 2.05) is 7.05 Å². The molecule has 1 aliphatic rings. The average Bonchev–Trinajstić information content (AvgIpc) is 2.59. The second-order valence-corrected chi connectivity index (χ2v) is 6.30. The topological polar surface area (TPSA) is 42.9 Å². The smallest absolute Gasteiger partial charge is 0.191 e. The average molecular weight is 445 g/mol. The number of aliphatic imine (C=N–C) groups is 1. The first-order valence-electron chi connectivity index (χ1n) is 8.60. The van der Waals surface area contributed by atoms with E-state index in [9.17, 15) is 0 Å². The summed E-state index contributed by atoms with van der Waals surface area (Å²) < 4.78 is 0. The lowest BCUT2D eigenvalue weighted by atomic mass is 10.1. The van der Waals surface area contributed by atoms with Crippen LogP contribution < -0.4 is 10.6 Å². The molecule has 5 nitrogen and oxygen atoms in total. The molecule has 0 radical (unpaired) electrons. The Labute approximate surface area is 163 Å². The summed E-state index contributed by atoms with van der Waals surface area (Å²) in [6.07, 6.45) is 1.01. The molecule has 6 heteroatoms. The number of halogens is 1. The van der Waals surface area contributed by atoms with Gasteiger partial charge in [0.05, 0.1) is 0 Å². The van der Waals surface area contributed by atoms with E-state index in [0.717, 1.165) is 51.6 Å². The van der Waals surface area contributed by atoms with E-state index in [1.54, 1.807) is 0 Å². The molecule has 1 aliphatic heterocycles. The van der Waals surface area contributed by atoms with Crippen LogP contribution in [0.15, 0.2) is 35.3 Å². The summed E-state index contributed by atoms with van der Waals surface area (Å²) >= 11 is 0. The number of piperazine rings is 1. The maximum Gasteiger partial charge on any atom is 0.191 e. The summed E-state index contributed by atoms with van der Waals surface area (Å²) in [5.41, 5.74) is 1.35. The quantitative estimate of drug-likeness (QED) is 0.397. The third kappa shape index (κ3) is 7.36. The molecule has 2 rings (SSSR count). The number of guanidine groups is 1. The molecule has 0 spiro atoms. The van der Waals surface area contributed by atoms with Crippen molar-refractivity contribution in [3.63, 3.8) is 0 Å². The van der Waals surface area contributed by atoms with E-state index < -0.39 is 0 Å². The van der Waals surface area contributed by atoms with Gasteiger partial charge in [-0.15, -0.1) is 24.0 Å². The maximum atomic E-state index is 4.32. The molecule has 1 unspecified atom stereocenters. The van der Waals surface area contributed by atoms with Crippen LogP contribution in [0.5, 0.6) is 0 Å². The van der Waals surface area contributed by atoms with Crippen LogP contribution in [0.4, 0.5) is 0 Å². The summed E-state index contributed by atoms with van der Waals surface area (Å²) in [7, 11) is 4.02. The fraction of sp³-hybridized carbons (Fsp3) is 0.611. The summed E-state index contributed by atoms with van der Waals surface area (Å²) in [4.78, 5) is 9.25. The van der Waals surface area contributed by atoms with Crippen LogP contribution in [0, 0.1) is 0 Å². The number of hydrogen-bond donors (Lipinski definition) is 2. The van der Waals surface area contributed by atoms with Crippen LogP contribution >= 0.6 is 24.0 Å². The van der Waals surface area contributed by atoms with Crippen molar-refractivity contribution < 1.29 is 0 Å². The molecule has 0 saturated carbocycles. The fourth-order valence-corrected chi connectivity index (χ4v) is 2.83. The zero-order valence-electron chi connectivity index (χ0n) is 15.2. The Morgan fingerprint density at radius 1 is 1.12 bits per heavy atom. The lowest BCUT2D eigenvalue weighted by Gasteiger charge is -2.36. The van der Waals surface area contributed by atoms with Crippen molar-refractivity contribution in [1.82, 2.24) is 20.4 Å².